The van der Waals surface area contributed by atoms with Gasteiger partial charge < -0.3 is 9.73 Å². The number of furan rings is 1. The fraction of sp³-hybridized carbons (Fsp3) is 0.667. The molecule has 0 aliphatic carbocycles. The zero-order chi connectivity index (χ0) is 10.7. The van der Waals surface area contributed by atoms with Crippen LogP contribution in [0.3, 0.4) is 0 Å². The van der Waals surface area contributed by atoms with E-state index >= 15 is 0 Å². The molecular formula is C12H20N2O. The van der Waals surface area contributed by atoms with Crippen molar-refractivity contribution < 1.29 is 4.42 Å². The summed E-state index contributed by atoms with van der Waals surface area (Å²) in [6, 6.07) is 4.59. The lowest BCUT2D eigenvalue weighted by Crippen LogP contribution is -2.37. The highest BCUT2D eigenvalue weighted by atomic mass is 16.3. The standard InChI is InChI=1S/C12H20N2O/c1-10-6-13-7-11(2)14(8-10)9-12-4-3-5-15-12/h3-5,10-11,13H,6-9H2,1-2H3. The van der Waals surface area contributed by atoms with Crippen LogP contribution in [0.4, 0.5) is 0 Å². The smallest absolute Gasteiger partial charge is 0.117 e. The minimum Gasteiger partial charge on any atom is -0.468 e. The van der Waals surface area contributed by atoms with Gasteiger partial charge in [-0.3, -0.25) is 4.90 Å². The monoisotopic (exact) mass is 208 g/mol. The van der Waals surface area contributed by atoms with Crippen LogP contribution in [0.25, 0.3) is 0 Å². The molecule has 1 fully saturated rings. The Morgan fingerprint density at radius 1 is 1.47 bits per heavy atom. The normalized spacial score (nSPS) is 28.9. The molecule has 1 aliphatic rings. The summed E-state index contributed by atoms with van der Waals surface area (Å²) in [6.07, 6.45) is 1.75. The van der Waals surface area contributed by atoms with Gasteiger partial charge >= 0.3 is 0 Å². The van der Waals surface area contributed by atoms with Crippen molar-refractivity contribution in [1.82, 2.24) is 10.2 Å². The van der Waals surface area contributed by atoms with Gasteiger partial charge in [0.05, 0.1) is 12.8 Å². The van der Waals surface area contributed by atoms with Crippen molar-refractivity contribution in [3.63, 3.8) is 0 Å². The van der Waals surface area contributed by atoms with Gasteiger partial charge in [-0.25, -0.2) is 0 Å². The third kappa shape index (κ3) is 2.83. The number of rotatable bonds is 2. The Balaban J connectivity index is 1.98. The minimum absolute atomic E-state index is 0.583. The second kappa shape index (κ2) is 4.81. The zero-order valence-corrected chi connectivity index (χ0v) is 9.57. The zero-order valence-electron chi connectivity index (χ0n) is 9.57. The third-order valence-corrected chi connectivity index (χ3v) is 3.04. The Hall–Kier alpha value is -0.800. The molecule has 1 saturated heterocycles. The highest BCUT2D eigenvalue weighted by Gasteiger charge is 2.21. The molecule has 1 aromatic rings. The molecular weight excluding hydrogens is 188 g/mol. The predicted octanol–water partition coefficient (Wildman–Crippen LogP) is 1.71. The number of hydrogen-bond acceptors (Lipinski definition) is 3. The summed E-state index contributed by atoms with van der Waals surface area (Å²) < 4.78 is 5.40. The molecule has 1 aromatic heterocycles. The van der Waals surface area contributed by atoms with Crippen LogP contribution >= 0.6 is 0 Å². The van der Waals surface area contributed by atoms with Crippen LogP contribution in [0, 0.1) is 5.92 Å². The van der Waals surface area contributed by atoms with Crippen LogP contribution in [0.15, 0.2) is 22.8 Å². The molecule has 0 spiro atoms. The van der Waals surface area contributed by atoms with E-state index in [4.69, 9.17) is 4.42 Å². The van der Waals surface area contributed by atoms with E-state index in [9.17, 15) is 0 Å². The molecule has 3 nitrogen and oxygen atoms in total. The predicted molar refractivity (Wildman–Crippen MR) is 60.6 cm³/mol. The van der Waals surface area contributed by atoms with Crippen molar-refractivity contribution >= 4 is 0 Å². The number of hydrogen-bond donors (Lipinski definition) is 1. The molecule has 15 heavy (non-hydrogen) atoms. The first-order valence-corrected chi connectivity index (χ1v) is 5.73. The van der Waals surface area contributed by atoms with Crippen molar-refractivity contribution in [2.24, 2.45) is 5.92 Å². The van der Waals surface area contributed by atoms with Crippen LogP contribution in [0.2, 0.25) is 0 Å². The fourth-order valence-electron chi connectivity index (χ4n) is 2.14. The summed E-state index contributed by atoms with van der Waals surface area (Å²) in [5.41, 5.74) is 0. The van der Waals surface area contributed by atoms with E-state index < -0.39 is 0 Å². The van der Waals surface area contributed by atoms with Gasteiger partial charge in [0.1, 0.15) is 5.76 Å². The summed E-state index contributed by atoms with van der Waals surface area (Å²) in [7, 11) is 0. The first-order valence-electron chi connectivity index (χ1n) is 5.73. The average Bonchev–Trinajstić information content (AvgIpc) is 2.63. The Kier molecular flexibility index (Phi) is 3.44. The van der Waals surface area contributed by atoms with Crippen LogP contribution in [-0.4, -0.2) is 30.6 Å². The highest BCUT2D eigenvalue weighted by Crippen LogP contribution is 2.13. The Morgan fingerprint density at radius 3 is 3.07 bits per heavy atom. The number of nitrogens with one attached hydrogen (secondary N) is 1. The maximum Gasteiger partial charge on any atom is 0.117 e. The summed E-state index contributed by atoms with van der Waals surface area (Å²) in [5.74, 6) is 1.78. The molecule has 0 bridgehead atoms. The SMILES string of the molecule is CC1CNCC(C)N(Cc2ccco2)C1. The fourth-order valence-corrected chi connectivity index (χ4v) is 2.14. The second-order valence-corrected chi connectivity index (χ2v) is 4.62. The van der Waals surface area contributed by atoms with E-state index in [2.05, 4.69) is 30.1 Å². The molecule has 0 amide bonds. The van der Waals surface area contributed by atoms with Gasteiger partial charge in [0, 0.05) is 19.1 Å². The second-order valence-electron chi connectivity index (χ2n) is 4.62. The summed E-state index contributed by atoms with van der Waals surface area (Å²) in [5, 5.41) is 3.48. The van der Waals surface area contributed by atoms with Crippen molar-refractivity contribution in [3.8, 4) is 0 Å². The topological polar surface area (TPSA) is 28.4 Å². The van der Waals surface area contributed by atoms with Crippen LogP contribution < -0.4 is 5.32 Å². The van der Waals surface area contributed by atoms with Crippen molar-refractivity contribution in [1.29, 1.82) is 0 Å². The molecule has 84 valence electrons. The van der Waals surface area contributed by atoms with E-state index in [1.807, 2.05) is 6.07 Å². The summed E-state index contributed by atoms with van der Waals surface area (Å²) >= 11 is 0. The molecule has 0 aromatic carbocycles. The lowest BCUT2D eigenvalue weighted by atomic mass is 10.1. The van der Waals surface area contributed by atoms with Crippen LogP contribution in [-0.2, 0) is 6.54 Å². The first-order chi connectivity index (χ1) is 7.25. The van der Waals surface area contributed by atoms with Crippen molar-refractivity contribution in [3.05, 3.63) is 24.2 Å². The molecule has 2 unspecified atom stereocenters. The molecule has 1 N–H and O–H groups in total. The van der Waals surface area contributed by atoms with E-state index in [0.717, 1.165) is 31.9 Å². The highest BCUT2D eigenvalue weighted by molar-refractivity contribution is 4.98. The van der Waals surface area contributed by atoms with Crippen molar-refractivity contribution in [2.45, 2.75) is 26.4 Å². The van der Waals surface area contributed by atoms with Gasteiger partial charge in [-0.1, -0.05) is 6.92 Å². The maximum atomic E-state index is 5.40. The van der Waals surface area contributed by atoms with E-state index in [-0.39, 0.29) is 0 Å². The Morgan fingerprint density at radius 2 is 2.33 bits per heavy atom. The number of nitrogens with zero attached hydrogens (tertiary/aromatic N) is 1. The molecule has 0 saturated carbocycles. The molecule has 0 radical (unpaired) electrons. The van der Waals surface area contributed by atoms with E-state index in [1.54, 1.807) is 6.26 Å². The molecule has 1 aliphatic heterocycles. The van der Waals surface area contributed by atoms with Crippen LogP contribution in [0.1, 0.15) is 19.6 Å². The van der Waals surface area contributed by atoms with Gasteiger partial charge in [0.15, 0.2) is 0 Å². The molecule has 2 heterocycles. The molecule has 2 atom stereocenters. The summed E-state index contributed by atoms with van der Waals surface area (Å²) in [6.45, 7) is 8.84. The average molecular weight is 208 g/mol. The van der Waals surface area contributed by atoms with Gasteiger partial charge in [-0.2, -0.15) is 0 Å². The Labute approximate surface area is 91.4 Å². The lowest BCUT2D eigenvalue weighted by molar-refractivity contribution is 0.181. The first kappa shape index (κ1) is 10.7. The Bertz CT molecular complexity index is 284. The van der Waals surface area contributed by atoms with Crippen LogP contribution in [0.5, 0.6) is 0 Å². The third-order valence-electron chi connectivity index (χ3n) is 3.04. The van der Waals surface area contributed by atoms with Gasteiger partial charge in [-0.15, -0.1) is 0 Å². The maximum absolute atomic E-state index is 5.40. The van der Waals surface area contributed by atoms with E-state index in [1.165, 1.54) is 0 Å². The summed E-state index contributed by atoms with van der Waals surface area (Å²) in [4.78, 5) is 2.49. The minimum atomic E-state index is 0.583. The van der Waals surface area contributed by atoms with Gasteiger partial charge in [0.2, 0.25) is 0 Å². The van der Waals surface area contributed by atoms with E-state index in [0.29, 0.717) is 12.0 Å². The molecule has 3 heteroatoms. The largest absolute Gasteiger partial charge is 0.468 e. The quantitative estimate of drug-likeness (QED) is 0.802. The van der Waals surface area contributed by atoms with Crippen molar-refractivity contribution in [2.75, 3.05) is 19.6 Å². The van der Waals surface area contributed by atoms with Gasteiger partial charge in [-0.05, 0) is 31.5 Å². The van der Waals surface area contributed by atoms with Gasteiger partial charge in [0.25, 0.3) is 0 Å². The molecule has 2 rings (SSSR count). The lowest BCUT2D eigenvalue weighted by Gasteiger charge is -2.26.